The molecule has 3 fully saturated rings. The number of hydrogen-bond donors (Lipinski definition) is 0. The maximum absolute atomic E-state index is 12.4. The second kappa shape index (κ2) is 7.43. The summed E-state index contributed by atoms with van der Waals surface area (Å²) < 4.78 is 5.76. The zero-order chi connectivity index (χ0) is 18.1. The summed E-state index contributed by atoms with van der Waals surface area (Å²) >= 11 is 1.73. The first-order chi connectivity index (χ1) is 12.5. The smallest absolute Gasteiger partial charge is 0.222 e. The highest BCUT2D eigenvalue weighted by Gasteiger charge is 2.42. The molecule has 4 rings (SSSR count). The Morgan fingerprint density at radius 2 is 2.08 bits per heavy atom. The van der Waals surface area contributed by atoms with Gasteiger partial charge < -0.3 is 14.5 Å². The highest BCUT2D eigenvalue weighted by atomic mass is 32.1. The first-order valence-corrected chi connectivity index (χ1v) is 10.8. The van der Waals surface area contributed by atoms with Crippen molar-refractivity contribution in [3.8, 4) is 0 Å². The SMILES string of the molecule is CC(C)c1nnc(N2CCC3(CCC(=O)N(C[C@H]4CCCO4)C3)CC2)s1. The number of nitrogens with zero attached hydrogens (tertiary/aromatic N) is 4. The van der Waals surface area contributed by atoms with E-state index in [4.69, 9.17) is 4.74 Å². The van der Waals surface area contributed by atoms with E-state index < -0.39 is 0 Å². The van der Waals surface area contributed by atoms with Gasteiger partial charge in [0.15, 0.2) is 0 Å². The average molecular weight is 379 g/mol. The Morgan fingerprint density at radius 3 is 2.73 bits per heavy atom. The number of carbonyl (C=O) groups excluding carboxylic acids is 1. The van der Waals surface area contributed by atoms with Crippen LogP contribution in [0.2, 0.25) is 0 Å². The van der Waals surface area contributed by atoms with Gasteiger partial charge in [-0.3, -0.25) is 4.79 Å². The molecule has 1 atom stereocenters. The lowest BCUT2D eigenvalue weighted by molar-refractivity contribution is -0.140. The molecule has 1 aromatic rings. The number of anilines is 1. The maximum atomic E-state index is 12.4. The Kier molecular flexibility index (Phi) is 5.19. The minimum atomic E-state index is 0.255. The van der Waals surface area contributed by atoms with Crippen LogP contribution in [0, 0.1) is 5.41 Å². The van der Waals surface area contributed by atoms with Gasteiger partial charge in [0.1, 0.15) is 5.01 Å². The van der Waals surface area contributed by atoms with Crippen LogP contribution in [0.15, 0.2) is 0 Å². The summed E-state index contributed by atoms with van der Waals surface area (Å²) in [6.45, 7) is 8.93. The Morgan fingerprint density at radius 1 is 1.27 bits per heavy atom. The van der Waals surface area contributed by atoms with E-state index in [9.17, 15) is 4.79 Å². The number of piperidine rings is 2. The Balaban J connectivity index is 1.36. The summed E-state index contributed by atoms with van der Waals surface area (Å²) in [5.74, 6) is 0.757. The zero-order valence-electron chi connectivity index (χ0n) is 15.9. The van der Waals surface area contributed by atoms with E-state index in [1.54, 1.807) is 11.3 Å². The van der Waals surface area contributed by atoms with E-state index >= 15 is 0 Å². The van der Waals surface area contributed by atoms with Crippen molar-refractivity contribution in [2.24, 2.45) is 5.41 Å². The summed E-state index contributed by atoms with van der Waals surface area (Å²) in [6.07, 6.45) is 6.49. The molecule has 1 amide bonds. The molecule has 0 aromatic carbocycles. The number of likely N-dealkylation sites (tertiary alicyclic amines) is 1. The maximum Gasteiger partial charge on any atom is 0.222 e. The van der Waals surface area contributed by atoms with Gasteiger partial charge in [0, 0.05) is 45.1 Å². The molecule has 26 heavy (non-hydrogen) atoms. The molecule has 3 saturated heterocycles. The first kappa shape index (κ1) is 18.2. The summed E-state index contributed by atoms with van der Waals surface area (Å²) in [6, 6.07) is 0. The van der Waals surface area contributed by atoms with Gasteiger partial charge in [0.25, 0.3) is 0 Å². The normalized spacial score (nSPS) is 26.3. The topological polar surface area (TPSA) is 58.6 Å². The Hall–Kier alpha value is -1.21. The van der Waals surface area contributed by atoms with Gasteiger partial charge in [-0.05, 0) is 37.5 Å². The van der Waals surface area contributed by atoms with Crippen molar-refractivity contribution < 1.29 is 9.53 Å². The van der Waals surface area contributed by atoms with Crippen LogP contribution in [-0.2, 0) is 9.53 Å². The van der Waals surface area contributed by atoms with E-state index in [2.05, 4.69) is 33.8 Å². The molecule has 0 saturated carbocycles. The monoisotopic (exact) mass is 378 g/mol. The summed E-state index contributed by atoms with van der Waals surface area (Å²) in [4.78, 5) is 16.9. The number of aromatic nitrogens is 2. The van der Waals surface area contributed by atoms with Crippen LogP contribution in [0.4, 0.5) is 5.13 Å². The molecule has 1 spiro atoms. The standard InChI is InChI=1S/C19H30N4O2S/c1-14(2)17-20-21-18(26-17)22-9-7-19(8-10-22)6-5-16(24)23(13-19)12-15-4-3-11-25-15/h14-15H,3-13H2,1-2H3/t15-/m1/s1. The lowest BCUT2D eigenvalue weighted by Crippen LogP contribution is -2.53. The molecule has 1 aromatic heterocycles. The molecule has 0 aliphatic carbocycles. The van der Waals surface area contributed by atoms with Gasteiger partial charge in [0.05, 0.1) is 6.10 Å². The summed E-state index contributed by atoms with van der Waals surface area (Å²) in [5.41, 5.74) is 0.286. The number of rotatable bonds is 4. The van der Waals surface area contributed by atoms with Crippen molar-refractivity contribution in [1.82, 2.24) is 15.1 Å². The van der Waals surface area contributed by atoms with Gasteiger partial charge in [0.2, 0.25) is 11.0 Å². The highest BCUT2D eigenvalue weighted by molar-refractivity contribution is 7.15. The van der Waals surface area contributed by atoms with E-state index in [1.165, 1.54) is 0 Å². The highest BCUT2D eigenvalue weighted by Crippen LogP contribution is 2.42. The molecular weight excluding hydrogens is 348 g/mol. The molecule has 6 nitrogen and oxygen atoms in total. The average Bonchev–Trinajstić information content (AvgIpc) is 3.31. The van der Waals surface area contributed by atoms with Crippen LogP contribution >= 0.6 is 11.3 Å². The molecular formula is C19H30N4O2S. The third-order valence-corrected chi connectivity index (χ3v) is 7.50. The van der Waals surface area contributed by atoms with Crippen LogP contribution in [0.1, 0.15) is 63.3 Å². The van der Waals surface area contributed by atoms with Crippen LogP contribution in [0.3, 0.4) is 0 Å². The fraction of sp³-hybridized carbons (Fsp3) is 0.842. The van der Waals surface area contributed by atoms with Gasteiger partial charge in [-0.25, -0.2) is 0 Å². The van der Waals surface area contributed by atoms with E-state index in [0.29, 0.717) is 18.2 Å². The quantitative estimate of drug-likeness (QED) is 0.806. The van der Waals surface area contributed by atoms with Crippen LogP contribution in [-0.4, -0.2) is 59.9 Å². The summed E-state index contributed by atoms with van der Waals surface area (Å²) in [7, 11) is 0. The molecule has 7 heteroatoms. The van der Waals surface area contributed by atoms with E-state index in [1.807, 2.05) is 0 Å². The second-order valence-corrected chi connectivity index (χ2v) is 9.46. The fourth-order valence-corrected chi connectivity index (χ4v) is 5.37. The minimum Gasteiger partial charge on any atom is -0.376 e. The van der Waals surface area contributed by atoms with Gasteiger partial charge >= 0.3 is 0 Å². The molecule has 0 unspecified atom stereocenters. The fourth-order valence-electron chi connectivity index (χ4n) is 4.47. The molecule has 0 bridgehead atoms. The Labute approximate surface area is 159 Å². The first-order valence-electron chi connectivity index (χ1n) is 10.0. The van der Waals surface area contributed by atoms with Gasteiger partial charge in [-0.2, -0.15) is 0 Å². The zero-order valence-corrected chi connectivity index (χ0v) is 16.8. The second-order valence-electron chi connectivity index (χ2n) is 8.47. The van der Waals surface area contributed by atoms with Gasteiger partial charge in [-0.1, -0.05) is 25.2 Å². The van der Waals surface area contributed by atoms with Crippen molar-refractivity contribution >= 4 is 22.4 Å². The number of amides is 1. The van der Waals surface area contributed by atoms with Crippen molar-refractivity contribution in [1.29, 1.82) is 0 Å². The molecule has 3 aliphatic rings. The molecule has 144 valence electrons. The molecule has 3 aliphatic heterocycles. The lowest BCUT2D eigenvalue weighted by atomic mass is 9.72. The third-order valence-electron chi connectivity index (χ3n) is 6.21. The van der Waals surface area contributed by atoms with Crippen molar-refractivity contribution in [3.05, 3.63) is 5.01 Å². The van der Waals surface area contributed by atoms with Crippen molar-refractivity contribution in [2.45, 2.75) is 64.4 Å². The van der Waals surface area contributed by atoms with Crippen LogP contribution < -0.4 is 4.90 Å². The molecule has 4 heterocycles. The predicted octanol–water partition coefficient (Wildman–Crippen LogP) is 3.05. The largest absolute Gasteiger partial charge is 0.376 e. The number of ether oxygens (including phenoxy) is 1. The Bertz CT molecular complexity index is 633. The summed E-state index contributed by atoms with van der Waals surface area (Å²) in [5, 5.41) is 10.9. The van der Waals surface area contributed by atoms with Crippen molar-refractivity contribution in [3.63, 3.8) is 0 Å². The minimum absolute atomic E-state index is 0.255. The van der Waals surface area contributed by atoms with E-state index in [0.717, 1.165) is 75.0 Å². The van der Waals surface area contributed by atoms with E-state index in [-0.39, 0.29) is 11.5 Å². The van der Waals surface area contributed by atoms with Crippen LogP contribution in [0.25, 0.3) is 0 Å². The molecule has 0 radical (unpaired) electrons. The number of hydrogen-bond acceptors (Lipinski definition) is 6. The van der Waals surface area contributed by atoms with Crippen molar-refractivity contribution in [2.75, 3.05) is 37.7 Å². The van der Waals surface area contributed by atoms with Gasteiger partial charge in [-0.15, -0.1) is 10.2 Å². The number of carbonyl (C=O) groups is 1. The lowest BCUT2D eigenvalue weighted by Gasteiger charge is -2.47. The molecule has 0 N–H and O–H groups in total. The third kappa shape index (κ3) is 3.74. The predicted molar refractivity (Wildman–Crippen MR) is 103 cm³/mol. The van der Waals surface area contributed by atoms with Crippen LogP contribution in [0.5, 0.6) is 0 Å².